The molecule has 128 valence electrons. The summed E-state index contributed by atoms with van der Waals surface area (Å²) in [6, 6.07) is 0. The third-order valence-corrected chi connectivity index (χ3v) is 4.58. The summed E-state index contributed by atoms with van der Waals surface area (Å²) in [6.45, 7) is 2.46. The van der Waals surface area contributed by atoms with E-state index in [1.54, 1.807) is 4.90 Å². The Morgan fingerprint density at radius 3 is 2.65 bits per heavy atom. The van der Waals surface area contributed by atoms with Crippen LogP contribution in [-0.4, -0.2) is 45.2 Å². The van der Waals surface area contributed by atoms with Crippen molar-refractivity contribution in [1.82, 2.24) is 25.0 Å². The van der Waals surface area contributed by atoms with Crippen molar-refractivity contribution in [2.45, 2.75) is 44.9 Å². The minimum atomic E-state index is -4.51. The van der Waals surface area contributed by atoms with Gasteiger partial charge in [-0.05, 0) is 38.3 Å². The fourth-order valence-corrected chi connectivity index (χ4v) is 3.24. The van der Waals surface area contributed by atoms with E-state index in [9.17, 15) is 18.0 Å². The van der Waals surface area contributed by atoms with Gasteiger partial charge in [0.25, 0.3) is 0 Å². The van der Waals surface area contributed by atoms with Crippen LogP contribution in [0.1, 0.15) is 37.3 Å². The summed E-state index contributed by atoms with van der Waals surface area (Å²) in [5, 5.41) is 10.1. The van der Waals surface area contributed by atoms with E-state index in [4.69, 9.17) is 0 Å². The molecule has 9 heteroatoms. The number of nitrogens with one attached hydrogen (secondary N) is 1. The molecule has 2 aliphatic heterocycles. The van der Waals surface area contributed by atoms with Crippen molar-refractivity contribution in [3.63, 3.8) is 0 Å². The first kappa shape index (κ1) is 16.2. The van der Waals surface area contributed by atoms with Crippen LogP contribution in [0.25, 0.3) is 0 Å². The van der Waals surface area contributed by atoms with E-state index in [1.807, 2.05) is 0 Å². The second kappa shape index (κ2) is 6.46. The molecule has 0 spiro atoms. The Kier molecular flexibility index (Phi) is 4.56. The summed E-state index contributed by atoms with van der Waals surface area (Å²) in [5.41, 5.74) is 0. The Morgan fingerprint density at radius 1 is 1.22 bits per heavy atom. The van der Waals surface area contributed by atoms with Crippen LogP contribution in [0.2, 0.25) is 0 Å². The number of alkyl halides is 3. The van der Waals surface area contributed by atoms with Crippen molar-refractivity contribution in [3.8, 4) is 0 Å². The maximum atomic E-state index is 12.8. The van der Waals surface area contributed by atoms with Gasteiger partial charge in [0.2, 0.25) is 11.7 Å². The molecule has 2 aliphatic rings. The van der Waals surface area contributed by atoms with Crippen LogP contribution in [0, 0.1) is 5.92 Å². The summed E-state index contributed by atoms with van der Waals surface area (Å²) in [6.07, 6.45) is -1.05. The lowest BCUT2D eigenvalue weighted by atomic mass is 9.93. The van der Waals surface area contributed by atoms with Crippen LogP contribution in [0.3, 0.4) is 0 Å². The average Bonchev–Trinajstić information content (AvgIpc) is 2.96. The molecule has 3 heterocycles. The van der Waals surface area contributed by atoms with Crippen molar-refractivity contribution in [1.29, 1.82) is 0 Å². The van der Waals surface area contributed by atoms with Gasteiger partial charge in [0, 0.05) is 19.5 Å². The number of hydrogen-bond donors (Lipinski definition) is 1. The maximum Gasteiger partial charge on any atom is 0.451 e. The summed E-state index contributed by atoms with van der Waals surface area (Å²) in [5.74, 6) is -0.218. The third kappa shape index (κ3) is 3.65. The van der Waals surface area contributed by atoms with Gasteiger partial charge >= 0.3 is 6.18 Å². The second-order valence-electron chi connectivity index (χ2n) is 6.14. The Morgan fingerprint density at radius 2 is 1.96 bits per heavy atom. The molecule has 0 bridgehead atoms. The van der Waals surface area contributed by atoms with Crippen molar-refractivity contribution in [2.24, 2.45) is 5.92 Å². The van der Waals surface area contributed by atoms with Gasteiger partial charge in [-0.1, -0.05) is 0 Å². The topological polar surface area (TPSA) is 63.1 Å². The van der Waals surface area contributed by atoms with Crippen LogP contribution in [0.5, 0.6) is 0 Å². The van der Waals surface area contributed by atoms with E-state index < -0.39 is 12.0 Å². The average molecular weight is 331 g/mol. The number of halogens is 3. The molecule has 1 fully saturated rings. The Bertz CT molecular complexity index is 565. The number of hydrogen-bond acceptors (Lipinski definition) is 4. The molecule has 1 aromatic heterocycles. The van der Waals surface area contributed by atoms with Crippen molar-refractivity contribution >= 4 is 5.91 Å². The lowest BCUT2D eigenvalue weighted by molar-refractivity contribution is -0.148. The number of rotatable bonds is 3. The van der Waals surface area contributed by atoms with Gasteiger partial charge < -0.3 is 14.8 Å². The molecule has 0 radical (unpaired) electrons. The molecule has 1 N–H and O–H groups in total. The first-order chi connectivity index (χ1) is 10.9. The maximum absolute atomic E-state index is 12.8. The molecule has 1 amide bonds. The minimum Gasteiger partial charge on any atom is -0.333 e. The molecule has 3 rings (SSSR count). The first-order valence-corrected chi connectivity index (χ1v) is 7.93. The Hall–Kier alpha value is -1.64. The highest BCUT2D eigenvalue weighted by atomic mass is 19.4. The second-order valence-corrected chi connectivity index (χ2v) is 6.14. The van der Waals surface area contributed by atoms with Gasteiger partial charge in [-0.2, -0.15) is 13.2 Å². The number of piperidine rings is 1. The summed E-state index contributed by atoms with van der Waals surface area (Å²) < 4.78 is 39.4. The standard InChI is InChI=1S/C14H20F3N5O/c15-14(16,17)13-20-19-11-9-21(7-8-22(11)13)12(23)2-1-10-3-5-18-6-4-10/h10,18H,1-9H2. The van der Waals surface area contributed by atoms with Crippen molar-refractivity contribution < 1.29 is 18.0 Å². The zero-order chi connectivity index (χ0) is 16.4. The smallest absolute Gasteiger partial charge is 0.333 e. The molecule has 1 aromatic rings. The van der Waals surface area contributed by atoms with Crippen LogP contribution in [0.15, 0.2) is 0 Å². The predicted molar refractivity (Wildman–Crippen MR) is 75.3 cm³/mol. The Balaban J connectivity index is 1.56. The predicted octanol–water partition coefficient (Wildman–Crippen LogP) is 1.42. The van der Waals surface area contributed by atoms with Crippen LogP contribution in [-0.2, 0) is 24.1 Å². The van der Waals surface area contributed by atoms with E-state index in [1.165, 1.54) is 0 Å². The van der Waals surface area contributed by atoms with Gasteiger partial charge in [0.1, 0.15) is 0 Å². The van der Waals surface area contributed by atoms with Crippen molar-refractivity contribution in [2.75, 3.05) is 19.6 Å². The summed E-state index contributed by atoms with van der Waals surface area (Å²) in [4.78, 5) is 13.9. The molecule has 0 unspecified atom stereocenters. The summed E-state index contributed by atoms with van der Waals surface area (Å²) >= 11 is 0. The van der Waals surface area contributed by atoms with E-state index in [-0.39, 0.29) is 31.4 Å². The number of carbonyl (C=O) groups excluding carboxylic acids is 1. The third-order valence-electron chi connectivity index (χ3n) is 4.58. The monoisotopic (exact) mass is 331 g/mol. The Labute approximate surface area is 132 Å². The molecule has 0 aromatic carbocycles. The van der Waals surface area contributed by atoms with E-state index in [0.717, 1.165) is 36.9 Å². The van der Waals surface area contributed by atoms with Gasteiger partial charge in [0.05, 0.1) is 6.54 Å². The normalized spacial score (nSPS) is 19.7. The van der Waals surface area contributed by atoms with Gasteiger partial charge in [-0.3, -0.25) is 4.79 Å². The van der Waals surface area contributed by atoms with E-state index in [2.05, 4.69) is 15.5 Å². The highest BCUT2D eigenvalue weighted by Crippen LogP contribution is 2.29. The quantitative estimate of drug-likeness (QED) is 0.910. The highest BCUT2D eigenvalue weighted by molar-refractivity contribution is 5.76. The summed E-state index contributed by atoms with van der Waals surface area (Å²) in [7, 11) is 0. The number of amides is 1. The number of aromatic nitrogens is 3. The molecule has 6 nitrogen and oxygen atoms in total. The number of nitrogens with zero attached hydrogens (tertiary/aromatic N) is 4. The van der Waals surface area contributed by atoms with Crippen molar-refractivity contribution in [3.05, 3.63) is 11.6 Å². The molecular formula is C14H20F3N5O. The molecule has 0 atom stereocenters. The van der Waals surface area contributed by atoms with Crippen LogP contribution in [0.4, 0.5) is 13.2 Å². The zero-order valence-electron chi connectivity index (χ0n) is 12.8. The fraction of sp³-hybridized carbons (Fsp3) is 0.786. The van der Waals surface area contributed by atoms with Crippen LogP contribution >= 0.6 is 0 Å². The number of fused-ring (bicyclic) bond motifs is 1. The molecular weight excluding hydrogens is 311 g/mol. The van der Waals surface area contributed by atoms with Gasteiger partial charge in [-0.15, -0.1) is 10.2 Å². The highest BCUT2D eigenvalue weighted by Gasteiger charge is 2.39. The van der Waals surface area contributed by atoms with Crippen LogP contribution < -0.4 is 5.32 Å². The molecule has 23 heavy (non-hydrogen) atoms. The molecule has 1 saturated heterocycles. The minimum absolute atomic E-state index is 0.00802. The SMILES string of the molecule is O=C(CCC1CCNCC1)N1CCn2c(nnc2C(F)(F)F)C1. The fourth-order valence-electron chi connectivity index (χ4n) is 3.24. The first-order valence-electron chi connectivity index (χ1n) is 7.93. The lowest BCUT2D eigenvalue weighted by Crippen LogP contribution is -2.39. The van der Waals surface area contributed by atoms with E-state index in [0.29, 0.717) is 12.3 Å². The van der Waals surface area contributed by atoms with E-state index >= 15 is 0 Å². The number of carbonyl (C=O) groups is 1. The lowest BCUT2D eigenvalue weighted by Gasteiger charge is -2.29. The van der Waals surface area contributed by atoms with Gasteiger partial charge in [0.15, 0.2) is 5.82 Å². The molecule has 0 saturated carbocycles. The largest absolute Gasteiger partial charge is 0.451 e. The zero-order valence-corrected chi connectivity index (χ0v) is 12.8. The van der Waals surface area contributed by atoms with Gasteiger partial charge in [-0.25, -0.2) is 0 Å². The molecule has 0 aliphatic carbocycles.